The average molecular weight is 349 g/mol. The van der Waals surface area contributed by atoms with E-state index in [1.165, 1.54) is 16.7 Å². The Morgan fingerprint density at radius 1 is 1.50 bits per heavy atom. The van der Waals surface area contributed by atoms with E-state index in [1.807, 2.05) is 6.26 Å². The fraction of sp³-hybridized carbons (Fsp3) is 0.769. The van der Waals surface area contributed by atoms with Crippen LogP contribution in [0, 0.1) is 0 Å². The molecule has 1 fully saturated rings. The molecule has 3 atom stereocenters. The molecule has 0 radical (unpaired) electrons. The zero-order chi connectivity index (χ0) is 16.7. The van der Waals surface area contributed by atoms with Gasteiger partial charge in [0.15, 0.2) is 0 Å². The number of aliphatic carboxylic acids is 1. The van der Waals surface area contributed by atoms with Crippen molar-refractivity contribution < 1.29 is 19.5 Å². The Morgan fingerprint density at radius 2 is 2.18 bits per heavy atom. The number of thioether (sulfide) groups is 1. The zero-order valence-electron chi connectivity index (χ0n) is 12.5. The molecule has 0 aromatic rings. The normalized spacial score (nSPS) is 20.5. The lowest BCUT2D eigenvalue weighted by atomic mass is 10.1. The van der Waals surface area contributed by atoms with Crippen molar-refractivity contribution >= 4 is 42.2 Å². The van der Waals surface area contributed by atoms with Crippen LogP contribution in [0.25, 0.3) is 0 Å². The minimum atomic E-state index is -1.06. The molecular weight excluding hydrogens is 326 g/mol. The van der Waals surface area contributed by atoms with E-state index >= 15 is 0 Å². The molecule has 0 aromatic carbocycles. The predicted octanol–water partition coefficient (Wildman–Crippen LogP) is -0.443. The Morgan fingerprint density at radius 3 is 2.73 bits per heavy atom. The number of hydrogen-bond acceptors (Lipinski definition) is 6. The summed E-state index contributed by atoms with van der Waals surface area (Å²) in [6.45, 7) is 0.459. The summed E-state index contributed by atoms with van der Waals surface area (Å²) in [5, 5.41) is 11.7. The average Bonchev–Trinajstić information content (AvgIpc) is 2.98. The van der Waals surface area contributed by atoms with Crippen molar-refractivity contribution in [1.82, 2.24) is 10.2 Å². The summed E-state index contributed by atoms with van der Waals surface area (Å²) in [6.07, 6.45) is 3.44. The molecule has 22 heavy (non-hydrogen) atoms. The van der Waals surface area contributed by atoms with E-state index in [-0.39, 0.29) is 11.7 Å². The van der Waals surface area contributed by atoms with E-state index < -0.39 is 30.0 Å². The van der Waals surface area contributed by atoms with Crippen LogP contribution >= 0.6 is 24.4 Å². The van der Waals surface area contributed by atoms with Crippen molar-refractivity contribution in [2.24, 2.45) is 5.73 Å². The van der Waals surface area contributed by atoms with Gasteiger partial charge in [-0.05, 0) is 31.3 Å². The number of carbonyl (C=O) groups is 3. The van der Waals surface area contributed by atoms with Crippen LogP contribution in [0.2, 0.25) is 0 Å². The molecule has 1 aliphatic heterocycles. The van der Waals surface area contributed by atoms with Crippen LogP contribution in [0.3, 0.4) is 0 Å². The predicted molar refractivity (Wildman–Crippen MR) is 89.1 cm³/mol. The number of nitrogens with two attached hydrogens (primary N) is 1. The Labute approximate surface area is 139 Å². The molecule has 1 saturated heterocycles. The van der Waals surface area contributed by atoms with Gasteiger partial charge in [0, 0.05) is 12.3 Å². The van der Waals surface area contributed by atoms with Crippen molar-refractivity contribution in [2.75, 3.05) is 24.3 Å². The smallest absolute Gasteiger partial charge is 0.326 e. The summed E-state index contributed by atoms with van der Waals surface area (Å²) in [6, 6.07) is -2.32. The molecular formula is C13H23N3O4S2. The van der Waals surface area contributed by atoms with Crippen LogP contribution in [0.5, 0.6) is 0 Å². The Balaban J connectivity index is 2.69. The third-order valence-corrected chi connectivity index (χ3v) is 4.62. The van der Waals surface area contributed by atoms with Crippen LogP contribution in [-0.4, -0.2) is 70.2 Å². The zero-order valence-corrected chi connectivity index (χ0v) is 14.2. The number of carboxylic acid groups (broad SMARTS) is 1. The maximum atomic E-state index is 12.3. The molecule has 0 spiro atoms. The number of amides is 2. The number of nitrogens with zero attached hydrogens (tertiary/aromatic N) is 1. The number of thiol groups is 1. The number of hydrogen-bond donors (Lipinski definition) is 4. The van der Waals surface area contributed by atoms with Crippen LogP contribution in [0.4, 0.5) is 0 Å². The second-order valence-electron chi connectivity index (χ2n) is 5.16. The van der Waals surface area contributed by atoms with Gasteiger partial charge in [0.2, 0.25) is 11.8 Å². The van der Waals surface area contributed by atoms with E-state index in [9.17, 15) is 14.4 Å². The van der Waals surface area contributed by atoms with Gasteiger partial charge in [0.25, 0.3) is 0 Å². The largest absolute Gasteiger partial charge is 0.480 e. The van der Waals surface area contributed by atoms with Crippen molar-refractivity contribution in [3.8, 4) is 0 Å². The maximum absolute atomic E-state index is 12.3. The Bertz CT molecular complexity index is 422. The molecule has 1 heterocycles. The summed E-state index contributed by atoms with van der Waals surface area (Å²) in [5.74, 6) is -0.968. The summed E-state index contributed by atoms with van der Waals surface area (Å²) >= 11 is 5.51. The molecule has 126 valence electrons. The third kappa shape index (κ3) is 5.06. The molecule has 0 bridgehead atoms. The van der Waals surface area contributed by atoms with Gasteiger partial charge < -0.3 is 21.1 Å². The molecule has 3 unspecified atom stereocenters. The first-order valence-corrected chi connectivity index (χ1v) is 9.14. The monoisotopic (exact) mass is 349 g/mol. The van der Waals surface area contributed by atoms with E-state index in [0.717, 1.165) is 0 Å². The first-order valence-electron chi connectivity index (χ1n) is 7.11. The highest BCUT2D eigenvalue weighted by molar-refractivity contribution is 7.98. The summed E-state index contributed by atoms with van der Waals surface area (Å²) in [5.41, 5.74) is 5.68. The molecule has 4 N–H and O–H groups in total. The second-order valence-corrected chi connectivity index (χ2v) is 6.51. The second kappa shape index (κ2) is 9.26. The first kappa shape index (κ1) is 19.1. The van der Waals surface area contributed by atoms with E-state index in [1.54, 1.807) is 0 Å². The molecule has 9 heteroatoms. The number of likely N-dealkylation sites (tertiary alicyclic amines) is 1. The molecule has 1 rings (SSSR count). The van der Waals surface area contributed by atoms with Gasteiger partial charge >= 0.3 is 5.97 Å². The summed E-state index contributed by atoms with van der Waals surface area (Å²) in [7, 11) is 0. The van der Waals surface area contributed by atoms with Gasteiger partial charge in [0.1, 0.15) is 12.1 Å². The molecule has 0 aromatic heterocycles. The number of carbonyl (C=O) groups excluding carboxylic acids is 2. The lowest BCUT2D eigenvalue weighted by Gasteiger charge is -2.27. The summed E-state index contributed by atoms with van der Waals surface area (Å²) in [4.78, 5) is 37.1. The lowest BCUT2D eigenvalue weighted by molar-refractivity contribution is -0.144. The molecule has 0 saturated carbocycles. The van der Waals surface area contributed by atoms with Gasteiger partial charge in [-0.25, -0.2) is 4.79 Å². The minimum Gasteiger partial charge on any atom is -0.480 e. The van der Waals surface area contributed by atoms with Crippen molar-refractivity contribution in [2.45, 2.75) is 37.4 Å². The standard InChI is InChI=1S/C13H23N3O4S2/c1-22-6-4-9(13(19)20)15-11(17)10-3-2-5-16(10)12(18)8(14)7-21/h8-10,21H,2-7,14H2,1H3,(H,15,17)(H,19,20). The van der Waals surface area contributed by atoms with Crippen molar-refractivity contribution in [3.05, 3.63) is 0 Å². The van der Waals surface area contributed by atoms with Crippen molar-refractivity contribution in [3.63, 3.8) is 0 Å². The van der Waals surface area contributed by atoms with Crippen LogP contribution in [0.15, 0.2) is 0 Å². The quantitative estimate of drug-likeness (QED) is 0.442. The maximum Gasteiger partial charge on any atom is 0.326 e. The minimum absolute atomic E-state index is 0.204. The number of nitrogens with one attached hydrogen (secondary N) is 1. The fourth-order valence-electron chi connectivity index (χ4n) is 2.36. The SMILES string of the molecule is CSCCC(NC(=O)C1CCCN1C(=O)C(N)CS)C(=O)O. The molecule has 1 aliphatic rings. The molecule has 2 amide bonds. The third-order valence-electron chi connectivity index (χ3n) is 3.58. The first-order chi connectivity index (χ1) is 10.4. The van der Waals surface area contributed by atoms with Crippen LogP contribution in [0.1, 0.15) is 19.3 Å². The lowest BCUT2D eigenvalue weighted by Crippen LogP contribution is -2.54. The van der Waals surface area contributed by atoms with Gasteiger partial charge in [0.05, 0.1) is 6.04 Å². The fourth-order valence-corrected chi connectivity index (χ4v) is 2.98. The molecule has 0 aliphatic carbocycles. The highest BCUT2D eigenvalue weighted by atomic mass is 32.2. The Kier molecular flexibility index (Phi) is 8.05. The highest BCUT2D eigenvalue weighted by Gasteiger charge is 2.37. The number of carboxylic acids is 1. The van der Waals surface area contributed by atoms with Gasteiger partial charge in [-0.2, -0.15) is 24.4 Å². The Hall–Kier alpha value is -0.930. The van der Waals surface area contributed by atoms with Crippen molar-refractivity contribution in [1.29, 1.82) is 0 Å². The van der Waals surface area contributed by atoms with E-state index in [4.69, 9.17) is 10.8 Å². The van der Waals surface area contributed by atoms with E-state index in [2.05, 4.69) is 17.9 Å². The van der Waals surface area contributed by atoms with Crippen LogP contribution in [-0.2, 0) is 14.4 Å². The number of rotatable bonds is 8. The highest BCUT2D eigenvalue weighted by Crippen LogP contribution is 2.19. The van der Waals surface area contributed by atoms with Gasteiger partial charge in [-0.15, -0.1) is 0 Å². The molecule has 7 nitrogen and oxygen atoms in total. The topological polar surface area (TPSA) is 113 Å². The summed E-state index contributed by atoms with van der Waals surface area (Å²) < 4.78 is 0. The van der Waals surface area contributed by atoms with E-state index in [0.29, 0.717) is 31.6 Å². The van der Waals surface area contributed by atoms with Gasteiger partial charge in [-0.3, -0.25) is 9.59 Å². The van der Waals surface area contributed by atoms with Gasteiger partial charge in [-0.1, -0.05) is 0 Å². The van der Waals surface area contributed by atoms with Crippen LogP contribution < -0.4 is 11.1 Å².